The Bertz CT molecular complexity index is 592. The molecule has 2 aromatic heterocycles. The number of hydrogen-bond acceptors (Lipinski definition) is 3. The van der Waals surface area contributed by atoms with Crippen molar-refractivity contribution < 1.29 is 4.79 Å². The molecule has 2 amide bonds. The van der Waals surface area contributed by atoms with Crippen LogP contribution in [-0.4, -0.2) is 32.7 Å². The van der Waals surface area contributed by atoms with Crippen molar-refractivity contribution in [3.8, 4) is 0 Å². The molecule has 6 heteroatoms. The van der Waals surface area contributed by atoms with Gasteiger partial charge in [-0.25, -0.2) is 4.79 Å². The molecule has 1 aliphatic heterocycles. The topological polar surface area (TPSA) is 73.9 Å². The van der Waals surface area contributed by atoms with Crippen molar-refractivity contribution in [1.29, 1.82) is 0 Å². The van der Waals surface area contributed by atoms with Crippen LogP contribution in [0, 0.1) is 6.92 Å². The Morgan fingerprint density at radius 3 is 3.00 bits per heavy atom. The highest BCUT2D eigenvalue weighted by atomic mass is 16.2. The molecule has 0 radical (unpaired) electrons. The van der Waals surface area contributed by atoms with Gasteiger partial charge in [-0.1, -0.05) is 0 Å². The predicted octanol–water partition coefficient (Wildman–Crippen LogP) is 1.70. The highest BCUT2D eigenvalue weighted by molar-refractivity contribution is 5.89. The van der Waals surface area contributed by atoms with E-state index in [9.17, 15) is 4.79 Å². The number of H-pyrrole nitrogens is 1. The lowest BCUT2D eigenvalue weighted by molar-refractivity contribution is 0.206. The number of carbonyl (C=O) groups excluding carboxylic acids is 1. The van der Waals surface area contributed by atoms with Crippen LogP contribution in [0.3, 0.4) is 0 Å². The van der Waals surface area contributed by atoms with E-state index in [0.717, 1.165) is 29.1 Å². The summed E-state index contributed by atoms with van der Waals surface area (Å²) in [5.74, 6) is 0. The first kappa shape index (κ1) is 11.7. The number of aromatic amines is 1. The monoisotopic (exact) mass is 257 g/mol. The second kappa shape index (κ2) is 4.72. The van der Waals surface area contributed by atoms with Gasteiger partial charge >= 0.3 is 6.03 Å². The molecule has 0 aliphatic carbocycles. The molecule has 0 atom stereocenters. The fraction of sp³-hybridized carbons (Fsp3) is 0.308. The normalized spacial score (nSPS) is 14.1. The zero-order valence-corrected chi connectivity index (χ0v) is 10.7. The summed E-state index contributed by atoms with van der Waals surface area (Å²) < 4.78 is 0. The number of carbonyl (C=O) groups is 1. The number of pyridine rings is 1. The van der Waals surface area contributed by atoms with Crippen molar-refractivity contribution in [3.05, 3.63) is 41.5 Å². The van der Waals surface area contributed by atoms with Crippen molar-refractivity contribution in [2.24, 2.45) is 0 Å². The van der Waals surface area contributed by atoms with Gasteiger partial charge in [-0.15, -0.1) is 0 Å². The standard InChI is InChI=1S/C13H15N5O/c1-9-11-8-18(7-4-12(11)17-16-9)13(19)15-10-2-5-14-6-3-10/h2-3,5-6H,4,7-8H2,1H3,(H,16,17)(H,14,15,19). The molecule has 2 N–H and O–H groups in total. The van der Waals surface area contributed by atoms with Gasteiger partial charge < -0.3 is 10.2 Å². The predicted molar refractivity (Wildman–Crippen MR) is 70.7 cm³/mol. The first-order valence-electron chi connectivity index (χ1n) is 6.22. The number of amides is 2. The number of anilines is 1. The molecule has 19 heavy (non-hydrogen) atoms. The Morgan fingerprint density at radius 2 is 2.21 bits per heavy atom. The summed E-state index contributed by atoms with van der Waals surface area (Å²) in [6, 6.07) is 3.46. The highest BCUT2D eigenvalue weighted by Crippen LogP contribution is 2.20. The van der Waals surface area contributed by atoms with Crippen molar-refractivity contribution in [1.82, 2.24) is 20.1 Å². The van der Waals surface area contributed by atoms with Gasteiger partial charge in [-0.3, -0.25) is 10.1 Å². The molecule has 1 aliphatic rings. The SMILES string of the molecule is Cc1[nH]nc2c1CN(C(=O)Nc1ccncc1)CC2. The van der Waals surface area contributed by atoms with Crippen LogP contribution in [0.25, 0.3) is 0 Å². The lowest BCUT2D eigenvalue weighted by Crippen LogP contribution is -2.38. The van der Waals surface area contributed by atoms with Crippen molar-refractivity contribution in [2.45, 2.75) is 19.9 Å². The molecule has 3 rings (SSSR count). The third-order valence-corrected chi connectivity index (χ3v) is 3.35. The molecule has 2 aromatic rings. The van der Waals surface area contributed by atoms with Crippen molar-refractivity contribution in [3.63, 3.8) is 0 Å². The largest absolute Gasteiger partial charge is 0.322 e. The minimum atomic E-state index is -0.0857. The summed E-state index contributed by atoms with van der Waals surface area (Å²) >= 11 is 0. The van der Waals surface area contributed by atoms with Gasteiger partial charge in [-0.05, 0) is 19.1 Å². The van der Waals surface area contributed by atoms with E-state index in [1.807, 2.05) is 6.92 Å². The third-order valence-electron chi connectivity index (χ3n) is 3.35. The first-order valence-corrected chi connectivity index (χ1v) is 6.22. The first-order chi connectivity index (χ1) is 9.24. The van der Waals surface area contributed by atoms with Crippen molar-refractivity contribution in [2.75, 3.05) is 11.9 Å². The van der Waals surface area contributed by atoms with Gasteiger partial charge in [0, 0.05) is 42.3 Å². The summed E-state index contributed by atoms with van der Waals surface area (Å²) in [5.41, 5.74) is 4.01. The van der Waals surface area contributed by atoms with E-state index in [1.54, 1.807) is 29.4 Å². The fourth-order valence-electron chi connectivity index (χ4n) is 2.24. The Labute approximate surface area is 110 Å². The molecule has 6 nitrogen and oxygen atoms in total. The maximum absolute atomic E-state index is 12.2. The van der Waals surface area contributed by atoms with E-state index in [0.29, 0.717) is 13.1 Å². The quantitative estimate of drug-likeness (QED) is 0.816. The Balaban J connectivity index is 1.71. The van der Waals surface area contributed by atoms with Gasteiger partial charge in [0.1, 0.15) is 0 Å². The Kier molecular flexibility index (Phi) is 2.91. The third kappa shape index (κ3) is 2.29. The molecule has 0 unspecified atom stereocenters. The van der Waals surface area contributed by atoms with Crippen LogP contribution in [0.1, 0.15) is 17.0 Å². The number of hydrogen-bond donors (Lipinski definition) is 2. The van der Waals surface area contributed by atoms with E-state index in [4.69, 9.17) is 0 Å². The summed E-state index contributed by atoms with van der Waals surface area (Å²) in [5, 5.41) is 10.1. The summed E-state index contributed by atoms with van der Waals surface area (Å²) in [7, 11) is 0. The second-order valence-corrected chi connectivity index (χ2v) is 4.61. The number of nitrogens with zero attached hydrogens (tertiary/aromatic N) is 3. The van der Waals surface area contributed by atoms with Crippen LogP contribution in [0.4, 0.5) is 10.5 Å². The van der Waals surface area contributed by atoms with Crippen LogP contribution in [0.5, 0.6) is 0 Å². The van der Waals surface area contributed by atoms with Gasteiger partial charge in [0.15, 0.2) is 0 Å². The fourth-order valence-corrected chi connectivity index (χ4v) is 2.24. The zero-order valence-electron chi connectivity index (χ0n) is 10.7. The molecular formula is C13H15N5O. The maximum atomic E-state index is 12.2. The number of fused-ring (bicyclic) bond motifs is 1. The number of aryl methyl sites for hydroxylation is 1. The summed E-state index contributed by atoms with van der Waals surface area (Å²) in [6.45, 7) is 3.28. The average molecular weight is 257 g/mol. The molecule has 0 saturated carbocycles. The number of nitrogens with one attached hydrogen (secondary N) is 2. The molecule has 0 bridgehead atoms. The van der Waals surface area contributed by atoms with E-state index < -0.39 is 0 Å². The van der Waals surface area contributed by atoms with Gasteiger partial charge in [-0.2, -0.15) is 5.10 Å². The zero-order chi connectivity index (χ0) is 13.2. The molecule has 0 saturated heterocycles. The minimum Gasteiger partial charge on any atom is -0.320 e. The molecule has 0 aromatic carbocycles. The number of aromatic nitrogens is 3. The molecule has 98 valence electrons. The maximum Gasteiger partial charge on any atom is 0.322 e. The lowest BCUT2D eigenvalue weighted by atomic mass is 10.1. The van der Waals surface area contributed by atoms with Crippen LogP contribution < -0.4 is 5.32 Å². The molecule has 0 fully saturated rings. The van der Waals surface area contributed by atoms with Crippen LogP contribution in [-0.2, 0) is 13.0 Å². The van der Waals surface area contributed by atoms with Crippen LogP contribution in [0.15, 0.2) is 24.5 Å². The summed E-state index contributed by atoms with van der Waals surface area (Å²) in [6.07, 6.45) is 4.11. The van der Waals surface area contributed by atoms with Crippen LogP contribution >= 0.6 is 0 Å². The molecule has 0 spiro atoms. The van der Waals surface area contributed by atoms with E-state index in [2.05, 4.69) is 20.5 Å². The number of urea groups is 1. The number of rotatable bonds is 1. The van der Waals surface area contributed by atoms with Gasteiger partial charge in [0.25, 0.3) is 0 Å². The van der Waals surface area contributed by atoms with Crippen molar-refractivity contribution >= 4 is 11.7 Å². The van der Waals surface area contributed by atoms with E-state index in [1.165, 1.54) is 0 Å². The smallest absolute Gasteiger partial charge is 0.320 e. The van der Waals surface area contributed by atoms with E-state index in [-0.39, 0.29) is 6.03 Å². The average Bonchev–Trinajstić information content (AvgIpc) is 2.81. The molecule has 3 heterocycles. The second-order valence-electron chi connectivity index (χ2n) is 4.61. The minimum absolute atomic E-state index is 0.0857. The highest BCUT2D eigenvalue weighted by Gasteiger charge is 2.23. The Hall–Kier alpha value is -2.37. The lowest BCUT2D eigenvalue weighted by Gasteiger charge is -2.26. The summed E-state index contributed by atoms with van der Waals surface area (Å²) in [4.78, 5) is 17.9. The van der Waals surface area contributed by atoms with E-state index >= 15 is 0 Å². The van der Waals surface area contributed by atoms with Crippen LogP contribution in [0.2, 0.25) is 0 Å². The van der Waals surface area contributed by atoms with Gasteiger partial charge in [0.2, 0.25) is 0 Å². The molecular weight excluding hydrogens is 242 g/mol. The van der Waals surface area contributed by atoms with Gasteiger partial charge in [0.05, 0.1) is 12.2 Å². The Morgan fingerprint density at radius 1 is 1.42 bits per heavy atom.